The Hall–Kier alpha value is -0.920. The van der Waals surface area contributed by atoms with E-state index in [-0.39, 0.29) is 11.6 Å². The predicted octanol–water partition coefficient (Wildman–Crippen LogP) is 0.250. The molecule has 0 saturated carbocycles. The van der Waals surface area contributed by atoms with Crippen LogP contribution in [0.15, 0.2) is 17.3 Å². The molecule has 0 fully saturated rings. The van der Waals surface area contributed by atoms with Gasteiger partial charge in [-0.1, -0.05) is 13.8 Å². The Bertz CT molecular complexity index is 455. The summed E-state index contributed by atoms with van der Waals surface area (Å²) in [4.78, 5) is 0. The zero-order valence-electron chi connectivity index (χ0n) is 10.3. The number of hydrogen-bond acceptors (Lipinski definition) is 4. The molecule has 1 rings (SSSR count). The van der Waals surface area contributed by atoms with Gasteiger partial charge in [0.15, 0.2) is 5.03 Å². The fourth-order valence-electron chi connectivity index (χ4n) is 1.61. The molecule has 98 valence electrons. The van der Waals surface area contributed by atoms with Gasteiger partial charge in [0.2, 0.25) is 0 Å². The number of rotatable bonds is 6. The molecular formula is C10H19N3O3S. The Morgan fingerprint density at radius 3 is 2.41 bits per heavy atom. The van der Waals surface area contributed by atoms with Gasteiger partial charge in [0.05, 0.1) is 18.3 Å². The predicted molar refractivity (Wildman–Crippen MR) is 63.9 cm³/mol. The molecule has 1 heterocycles. The van der Waals surface area contributed by atoms with Crippen molar-refractivity contribution < 1.29 is 13.5 Å². The summed E-state index contributed by atoms with van der Waals surface area (Å²) in [5, 5.41) is 13.3. The van der Waals surface area contributed by atoms with Crippen LogP contribution in [0.1, 0.15) is 26.7 Å². The van der Waals surface area contributed by atoms with Crippen molar-refractivity contribution in [1.29, 1.82) is 0 Å². The molecule has 0 spiro atoms. The first-order valence-electron chi connectivity index (χ1n) is 5.53. The highest BCUT2D eigenvalue weighted by Gasteiger charge is 2.32. The molecule has 6 nitrogen and oxygen atoms in total. The second kappa shape index (κ2) is 5.16. The van der Waals surface area contributed by atoms with Gasteiger partial charge in [0, 0.05) is 7.05 Å². The molecule has 0 aliphatic heterocycles. The second-order valence-corrected chi connectivity index (χ2v) is 5.67. The molecule has 0 atom stereocenters. The molecule has 0 amide bonds. The van der Waals surface area contributed by atoms with Gasteiger partial charge in [-0.2, -0.15) is 5.10 Å². The second-order valence-electron chi connectivity index (χ2n) is 4.04. The molecule has 0 aromatic carbocycles. The van der Waals surface area contributed by atoms with Gasteiger partial charge in [-0.15, -0.1) is 0 Å². The summed E-state index contributed by atoms with van der Waals surface area (Å²) in [5.74, 6) is 0. The lowest BCUT2D eigenvalue weighted by Gasteiger charge is -2.30. The van der Waals surface area contributed by atoms with E-state index >= 15 is 0 Å². The first-order chi connectivity index (χ1) is 7.90. The molecule has 0 unspecified atom stereocenters. The maximum absolute atomic E-state index is 12.1. The van der Waals surface area contributed by atoms with Crippen molar-refractivity contribution in [1.82, 2.24) is 14.5 Å². The fourth-order valence-corrected chi connectivity index (χ4v) is 3.28. The minimum absolute atomic E-state index is 0.0947. The van der Waals surface area contributed by atoms with Gasteiger partial charge in [-0.25, -0.2) is 13.1 Å². The van der Waals surface area contributed by atoms with Crippen molar-refractivity contribution in [2.24, 2.45) is 7.05 Å². The standard InChI is InChI=1S/C10H19N3O3S/c1-4-10(5-2,8-14)12-17(15,16)9-6-7-11-13(9)3/h6-7,12,14H,4-5,8H2,1-3H3. The minimum atomic E-state index is -3.65. The summed E-state index contributed by atoms with van der Waals surface area (Å²) in [6, 6.07) is 1.43. The Morgan fingerprint density at radius 2 is 2.06 bits per heavy atom. The van der Waals surface area contributed by atoms with Gasteiger partial charge in [0.25, 0.3) is 10.0 Å². The molecule has 1 aromatic rings. The zero-order chi connectivity index (χ0) is 13.1. The minimum Gasteiger partial charge on any atom is -0.394 e. The van der Waals surface area contributed by atoms with E-state index < -0.39 is 15.6 Å². The molecule has 0 radical (unpaired) electrons. The molecular weight excluding hydrogens is 242 g/mol. The largest absolute Gasteiger partial charge is 0.394 e. The number of sulfonamides is 1. The van der Waals surface area contributed by atoms with Crippen LogP contribution in [0.25, 0.3) is 0 Å². The molecule has 0 bridgehead atoms. The van der Waals surface area contributed by atoms with Crippen LogP contribution in [0, 0.1) is 0 Å². The maximum atomic E-state index is 12.1. The molecule has 0 aliphatic rings. The quantitative estimate of drug-likeness (QED) is 0.769. The van der Waals surface area contributed by atoms with Crippen LogP contribution in [-0.4, -0.2) is 35.5 Å². The van der Waals surface area contributed by atoms with Crippen molar-refractivity contribution in [2.75, 3.05) is 6.61 Å². The summed E-state index contributed by atoms with van der Waals surface area (Å²) in [6.07, 6.45) is 2.47. The Labute approximate surface area is 102 Å². The molecule has 0 aliphatic carbocycles. The van der Waals surface area contributed by atoms with E-state index in [1.54, 1.807) is 7.05 Å². The van der Waals surface area contributed by atoms with Gasteiger partial charge in [-0.3, -0.25) is 4.68 Å². The van der Waals surface area contributed by atoms with Crippen molar-refractivity contribution in [3.63, 3.8) is 0 Å². The summed E-state index contributed by atoms with van der Waals surface area (Å²) >= 11 is 0. The van der Waals surface area contributed by atoms with E-state index in [0.717, 1.165) is 0 Å². The summed E-state index contributed by atoms with van der Waals surface area (Å²) in [5.41, 5.74) is -0.802. The Morgan fingerprint density at radius 1 is 1.47 bits per heavy atom. The van der Waals surface area contributed by atoms with Crippen LogP contribution in [-0.2, 0) is 17.1 Å². The van der Waals surface area contributed by atoms with E-state index in [0.29, 0.717) is 12.8 Å². The molecule has 1 aromatic heterocycles. The maximum Gasteiger partial charge on any atom is 0.258 e. The lowest BCUT2D eigenvalue weighted by molar-refractivity contribution is 0.172. The highest BCUT2D eigenvalue weighted by Crippen LogP contribution is 2.18. The average molecular weight is 261 g/mol. The Kier molecular flexibility index (Phi) is 4.29. The van der Waals surface area contributed by atoms with Crippen molar-refractivity contribution in [3.05, 3.63) is 12.3 Å². The van der Waals surface area contributed by atoms with Gasteiger partial charge in [0.1, 0.15) is 0 Å². The van der Waals surface area contributed by atoms with Gasteiger partial charge in [-0.05, 0) is 18.9 Å². The van der Waals surface area contributed by atoms with Crippen molar-refractivity contribution in [3.8, 4) is 0 Å². The van der Waals surface area contributed by atoms with E-state index in [9.17, 15) is 13.5 Å². The van der Waals surface area contributed by atoms with Gasteiger partial charge < -0.3 is 5.11 Å². The summed E-state index contributed by atoms with van der Waals surface area (Å²) < 4.78 is 28.1. The van der Waals surface area contributed by atoms with E-state index in [4.69, 9.17) is 0 Å². The third-order valence-corrected chi connectivity index (χ3v) is 4.71. The molecule has 0 saturated heterocycles. The molecule has 7 heteroatoms. The summed E-state index contributed by atoms with van der Waals surface area (Å²) in [6.45, 7) is 3.45. The highest BCUT2D eigenvalue weighted by molar-refractivity contribution is 7.89. The SMILES string of the molecule is CCC(CC)(CO)NS(=O)(=O)c1ccnn1C. The zero-order valence-corrected chi connectivity index (χ0v) is 11.2. The van der Waals surface area contributed by atoms with Crippen LogP contribution in [0.3, 0.4) is 0 Å². The normalized spacial score (nSPS) is 12.9. The average Bonchev–Trinajstić information content (AvgIpc) is 2.73. The smallest absolute Gasteiger partial charge is 0.258 e. The highest BCUT2D eigenvalue weighted by atomic mass is 32.2. The first kappa shape index (κ1) is 14.1. The number of aryl methyl sites for hydroxylation is 1. The van der Waals surface area contributed by atoms with Crippen molar-refractivity contribution in [2.45, 2.75) is 37.3 Å². The monoisotopic (exact) mass is 261 g/mol. The summed E-state index contributed by atoms with van der Waals surface area (Å²) in [7, 11) is -2.09. The van der Waals surface area contributed by atoms with Gasteiger partial charge >= 0.3 is 0 Å². The number of aliphatic hydroxyl groups is 1. The van der Waals surface area contributed by atoms with E-state index in [1.165, 1.54) is 16.9 Å². The van der Waals surface area contributed by atoms with E-state index in [2.05, 4.69) is 9.82 Å². The van der Waals surface area contributed by atoms with Crippen LogP contribution in [0.4, 0.5) is 0 Å². The van der Waals surface area contributed by atoms with E-state index in [1.807, 2.05) is 13.8 Å². The third-order valence-electron chi connectivity index (χ3n) is 3.06. The lowest BCUT2D eigenvalue weighted by atomic mass is 9.96. The molecule has 2 N–H and O–H groups in total. The van der Waals surface area contributed by atoms with Crippen LogP contribution >= 0.6 is 0 Å². The number of aromatic nitrogens is 2. The van der Waals surface area contributed by atoms with Crippen molar-refractivity contribution >= 4 is 10.0 Å². The number of hydrogen-bond donors (Lipinski definition) is 2. The van der Waals surface area contributed by atoms with Crippen LogP contribution in [0.2, 0.25) is 0 Å². The number of aliphatic hydroxyl groups excluding tert-OH is 1. The number of nitrogens with zero attached hydrogens (tertiary/aromatic N) is 2. The van der Waals surface area contributed by atoms with Crippen LogP contribution in [0.5, 0.6) is 0 Å². The topological polar surface area (TPSA) is 84.2 Å². The van der Waals surface area contributed by atoms with Crippen LogP contribution < -0.4 is 4.72 Å². The fraction of sp³-hybridized carbons (Fsp3) is 0.700. The third kappa shape index (κ3) is 2.85. The lowest BCUT2D eigenvalue weighted by Crippen LogP contribution is -2.50. The molecule has 17 heavy (non-hydrogen) atoms. The first-order valence-corrected chi connectivity index (χ1v) is 7.02. The Balaban J connectivity index is 3.05. The number of nitrogens with one attached hydrogen (secondary N) is 1.